The molecule has 98 valence electrons. The predicted octanol–water partition coefficient (Wildman–Crippen LogP) is 1.61. The summed E-state index contributed by atoms with van der Waals surface area (Å²) in [4.78, 5) is 13.5. The highest BCUT2D eigenvalue weighted by molar-refractivity contribution is 5.75. The van der Waals surface area contributed by atoms with Gasteiger partial charge in [0.25, 0.3) is 0 Å². The largest absolute Gasteiger partial charge is 0.481 e. The third-order valence-corrected chi connectivity index (χ3v) is 3.42. The molecule has 0 aromatic heterocycles. The molecule has 2 rings (SSSR count). The molecule has 4 nitrogen and oxygen atoms in total. The predicted molar refractivity (Wildman–Crippen MR) is 68.3 cm³/mol. The Kier molecular flexibility index (Phi) is 3.99. The number of carboxylic acid groups (broad SMARTS) is 1. The second kappa shape index (κ2) is 5.50. The van der Waals surface area contributed by atoms with Crippen molar-refractivity contribution in [2.45, 2.75) is 13.0 Å². The van der Waals surface area contributed by atoms with Gasteiger partial charge in [-0.15, -0.1) is 0 Å². The molecule has 1 atom stereocenters. The Hall–Kier alpha value is -1.39. The van der Waals surface area contributed by atoms with E-state index < -0.39 is 11.4 Å². The molecule has 1 saturated heterocycles. The number of ether oxygens (including phenoxy) is 1. The number of aliphatic carboxylic acids is 1. The van der Waals surface area contributed by atoms with Crippen molar-refractivity contribution < 1.29 is 14.6 Å². The molecule has 1 heterocycles. The van der Waals surface area contributed by atoms with E-state index in [0.29, 0.717) is 26.2 Å². The summed E-state index contributed by atoms with van der Waals surface area (Å²) in [7, 11) is 1.95. The SMILES string of the molecule is CN(Cc1ccccc1)CC1(C(=O)O)CCOC1. The highest BCUT2D eigenvalue weighted by atomic mass is 16.5. The molecule has 1 unspecified atom stereocenters. The molecule has 0 spiro atoms. The van der Waals surface area contributed by atoms with E-state index in [2.05, 4.69) is 17.0 Å². The maximum absolute atomic E-state index is 11.4. The van der Waals surface area contributed by atoms with E-state index in [1.165, 1.54) is 5.56 Å². The Morgan fingerprint density at radius 2 is 2.17 bits per heavy atom. The first-order valence-electron chi connectivity index (χ1n) is 6.16. The highest BCUT2D eigenvalue weighted by Crippen LogP contribution is 2.30. The zero-order valence-corrected chi connectivity index (χ0v) is 10.6. The van der Waals surface area contributed by atoms with Crippen LogP contribution < -0.4 is 0 Å². The molecular formula is C14H19NO3. The van der Waals surface area contributed by atoms with Crippen LogP contribution in [0.4, 0.5) is 0 Å². The van der Waals surface area contributed by atoms with Crippen molar-refractivity contribution in [3.8, 4) is 0 Å². The fraction of sp³-hybridized carbons (Fsp3) is 0.500. The average molecular weight is 249 g/mol. The van der Waals surface area contributed by atoms with E-state index in [1.807, 2.05) is 25.2 Å². The van der Waals surface area contributed by atoms with Crippen molar-refractivity contribution >= 4 is 5.97 Å². The molecule has 0 amide bonds. The van der Waals surface area contributed by atoms with Crippen molar-refractivity contribution in [3.63, 3.8) is 0 Å². The van der Waals surface area contributed by atoms with Crippen LogP contribution in [0.2, 0.25) is 0 Å². The number of carbonyl (C=O) groups is 1. The van der Waals surface area contributed by atoms with Crippen LogP contribution in [-0.2, 0) is 16.1 Å². The zero-order valence-electron chi connectivity index (χ0n) is 10.6. The number of hydrogen-bond donors (Lipinski definition) is 1. The van der Waals surface area contributed by atoms with Crippen LogP contribution >= 0.6 is 0 Å². The van der Waals surface area contributed by atoms with Gasteiger partial charge in [0.2, 0.25) is 0 Å². The van der Waals surface area contributed by atoms with E-state index in [4.69, 9.17) is 4.74 Å². The molecule has 1 aliphatic heterocycles. The maximum Gasteiger partial charge on any atom is 0.313 e. The second-order valence-corrected chi connectivity index (χ2v) is 5.05. The summed E-state index contributed by atoms with van der Waals surface area (Å²) in [6.07, 6.45) is 0.599. The number of benzene rings is 1. The van der Waals surface area contributed by atoms with Gasteiger partial charge in [0.1, 0.15) is 5.41 Å². The van der Waals surface area contributed by atoms with Crippen molar-refractivity contribution in [2.24, 2.45) is 5.41 Å². The van der Waals surface area contributed by atoms with Gasteiger partial charge in [-0.25, -0.2) is 0 Å². The molecule has 1 N–H and O–H groups in total. The van der Waals surface area contributed by atoms with Gasteiger partial charge in [-0.05, 0) is 19.0 Å². The first kappa shape index (κ1) is 13.1. The Morgan fingerprint density at radius 3 is 2.72 bits per heavy atom. The van der Waals surface area contributed by atoms with E-state index in [0.717, 1.165) is 6.54 Å². The van der Waals surface area contributed by atoms with Gasteiger partial charge in [0.05, 0.1) is 6.61 Å². The molecule has 1 aromatic rings. The highest BCUT2D eigenvalue weighted by Gasteiger charge is 2.43. The maximum atomic E-state index is 11.4. The number of carboxylic acids is 1. The molecule has 4 heteroatoms. The monoisotopic (exact) mass is 249 g/mol. The van der Waals surface area contributed by atoms with Crippen LogP contribution in [0.25, 0.3) is 0 Å². The summed E-state index contributed by atoms with van der Waals surface area (Å²) < 4.78 is 5.27. The quantitative estimate of drug-likeness (QED) is 0.861. The zero-order chi connectivity index (χ0) is 13.0. The number of rotatable bonds is 5. The Labute approximate surface area is 107 Å². The second-order valence-electron chi connectivity index (χ2n) is 5.05. The lowest BCUT2D eigenvalue weighted by Gasteiger charge is -2.28. The first-order chi connectivity index (χ1) is 8.62. The lowest BCUT2D eigenvalue weighted by Crippen LogP contribution is -2.42. The normalized spacial score (nSPS) is 23.4. The summed E-state index contributed by atoms with van der Waals surface area (Å²) in [5.41, 5.74) is 0.461. The van der Waals surface area contributed by atoms with Crippen molar-refractivity contribution in [1.82, 2.24) is 4.90 Å². The van der Waals surface area contributed by atoms with Crippen molar-refractivity contribution in [1.29, 1.82) is 0 Å². The van der Waals surface area contributed by atoms with E-state index in [9.17, 15) is 9.90 Å². The third-order valence-electron chi connectivity index (χ3n) is 3.42. The van der Waals surface area contributed by atoms with Crippen LogP contribution in [0.5, 0.6) is 0 Å². The molecular weight excluding hydrogens is 230 g/mol. The molecule has 1 fully saturated rings. The Balaban J connectivity index is 1.98. The van der Waals surface area contributed by atoms with Gasteiger partial charge >= 0.3 is 5.97 Å². The van der Waals surface area contributed by atoms with Crippen molar-refractivity contribution in [2.75, 3.05) is 26.8 Å². The minimum Gasteiger partial charge on any atom is -0.481 e. The van der Waals surface area contributed by atoms with Crippen molar-refractivity contribution in [3.05, 3.63) is 35.9 Å². The van der Waals surface area contributed by atoms with E-state index in [1.54, 1.807) is 0 Å². The summed E-state index contributed by atoms with van der Waals surface area (Å²) in [5.74, 6) is -0.750. The lowest BCUT2D eigenvalue weighted by atomic mass is 9.87. The Morgan fingerprint density at radius 1 is 1.44 bits per heavy atom. The van der Waals surface area contributed by atoms with Crippen LogP contribution in [0, 0.1) is 5.41 Å². The van der Waals surface area contributed by atoms with Gasteiger partial charge < -0.3 is 14.7 Å². The fourth-order valence-corrected chi connectivity index (χ4v) is 2.44. The van der Waals surface area contributed by atoms with Crippen LogP contribution in [0.15, 0.2) is 30.3 Å². The molecule has 0 bridgehead atoms. The van der Waals surface area contributed by atoms with Crippen LogP contribution in [0.1, 0.15) is 12.0 Å². The number of hydrogen-bond acceptors (Lipinski definition) is 3. The van der Waals surface area contributed by atoms with Gasteiger partial charge in [0, 0.05) is 19.7 Å². The standard InChI is InChI=1S/C14H19NO3/c1-15(9-12-5-3-2-4-6-12)10-14(13(16)17)7-8-18-11-14/h2-6H,7-11H2,1H3,(H,16,17). The summed E-state index contributed by atoms with van der Waals surface area (Å²) in [6.45, 7) is 2.15. The molecule has 0 radical (unpaired) electrons. The first-order valence-corrected chi connectivity index (χ1v) is 6.16. The summed E-state index contributed by atoms with van der Waals surface area (Å²) in [6, 6.07) is 10.1. The van der Waals surface area contributed by atoms with Gasteiger partial charge in [-0.3, -0.25) is 4.79 Å². The van der Waals surface area contributed by atoms with Gasteiger partial charge in [-0.2, -0.15) is 0 Å². The fourth-order valence-electron chi connectivity index (χ4n) is 2.44. The van der Waals surface area contributed by atoms with Gasteiger partial charge in [-0.1, -0.05) is 30.3 Å². The third kappa shape index (κ3) is 2.89. The Bertz CT molecular complexity index is 399. The summed E-state index contributed by atoms with van der Waals surface area (Å²) in [5, 5.41) is 9.37. The number of nitrogens with zero attached hydrogens (tertiary/aromatic N) is 1. The molecule has 1 aromatic carbocycles. The van der Waals surface area contributed by atoms with Crippen LogP contribution in [0.3, 0.4) is 0 Å². The summed E-state index contributed by atoms with van der Waals surface area (Å²) >= 11 is 0. The molecule has 0 aliphatic carbocycles. The molecule has 0 saturated carbocycles. The van der Waals surface area contributed by atoms with Gasteiger partial charge in [0.15, 0.2) is 0 Å². The van der Waals surface area contributed by atoms with Crippen LogP contribution in [-0.4, -0.2) is 42.8 Å². The lowest BCUT2D eigenvalue weighted by molar-refractivity contribution is -0.150. The average Bonchev–Trinajstić information content (AvgIpc) is 2.80. The molecule has 1 aliphatic rings. The molecule has 18 heavy (non-hydrogen) atoms. The topological polar surface area (TPSA) is 49.8 Å². The van der Waals surface area contributed by atoms with E-state index >= 15 is 0 Å². The van der Waals surface area contributed by atoms with E-state index in [-0.39, 0.29) is 0 Å². The smallest absolute Gasteiger partial charge is 0.313 e. The minimum absolute atomic E-state index is 0.321. The minimum atomic E-state index is -0.750.